The molecule has 1 heterocycles. The van der Waals surface area contributed by atoms with Crippen LogP contribution < -0.4 is 0 Å². The largest absolute Gasteiger partial charge is 0.459 e. The number of hydrogen-bond donors (Lipinski definition) is 1. The Morgan fingerprint density at radius 3 is 2.86 bits per heavy atom. The normalized spacial score (nSPS) is 44.5. The van der Waals surface area contributed by atoms with Crippen LogP contribution in [-0.4, -0.2) is 23.3 Å². The molecule has 3 unspecified atom stereocenters. The van der Waals surface area contributed by atoms with Crippen molar-refractivity contribution < 1.29 is 14.6 Å². The molecule has 1 N–H and O–H groups in total. The summed E-state index contributed by atoms with van der Waals surface area (Å²) in [7, 11) is 0. The molecule has 3 rings (SSSR count). The second-order valence-corrected chi connectivity index (χ2v) is 7.80. The molecule has 0 bridgehead atoms. The molecule has 2 saturated carbocycles. The molecule has 0 aromatic heterocycles. The van der Waals surface area contributed by atoms with Crippen LogP contribution >= 0.6 is 0 Å². The summed E-state index contributed by atoms with van der Waals surface area (Å²) in [6, 6.07) is 0. The van der Waals surface area contributed by atoms with Crippen LogP contribution in [0.2, 0.25) is 0 Å². The monoisotopic (exact) mass is 292 g/mol. The Balaban J connectivity index is 1.66. The Hall–Kier alpha value is -0.830. The highest BCUT2D eigenvalue weighted by molar-refractivity contribution is 5.89. The quantitative estimate of drug-likeness (QED) is 0.640. The number of aliphatic hydroxyl groups is 1. The maximum Gasteiger partial charge on any atom is 0.333 e. The Morgan fingerprint density at radius 2 is 2.19 bits per heavy atom. The van der Waals surface area contributed by atoms with Crippen LogP contribution in [0, 0.1) is 23.2 Å². The van der Waals surface area contributed by atoms with Crippen molar-refractivity contribution in [1.82, 2.24) is 0 Å². The summed E-state index contributed by atoms with van der Waals surface area (Å²) in [5, 5.41) is 10.3. The summed E-state index contributed by atoms with van der Waals surface area (Å²) >= 11 is 0. The molecule has 21 heavy (non-hydrogen) atoms. The molecule has 0 amide bonds. The van der Waals surface area contributed by atoms with Crippen LogP contribution in [0.4, 0.5) is 0 Å². The predicted molar refractivity (Wildman–Crippen MR) is 81.6 cm³/mol. The number of rotatable bonds is 3. The van der Waals surface area contributed by atoms with Gasteiger partial charge in [-0.2, -0.15) is 0 Å². The lowest BCUT2D eigenvalue weighted by molar-refractivity contribution is -0.139. The SMILES string of the molecule is C=C1C[C@H](C[C@@H](C)[C@H]2CCC3C(O)CCCC32C)OC1=O. The van der Waals surface area contributed by atoms with Crippen LogP contribution in [0.3, 0.4) is 0 Å². The van der Waals surface area contributed by atoms with Gasteiger partial charge in [0.1, 0.15) is 6.10 Å². The van der Waals surface area contributed by atoms with Crippen molar-refractivity contribution in [2.75, 3.05) is 0 Å². The molecule has 118 valence electrons. The van der Waals surface area contributed by atoms with Crippen molar-refractivity contribution in [2.45, 2.75) is 71.0 Å². The summed E-state index contributed by atoms with van der Waals surface area (Å²) in [6.45, 7) is 8.45. The molecule has 1 saturated heterocycles. The van der Waals surface area contributed by atoms with E-state index in [1.54, 1.807) is 0 Å². The zero-order valence-corrected chi connectivity index (χ0v) is 13.3. The minimum Gasteiger partial charge on any atom is -0.459 e. The molecule has 0 radical (unpaired) electrons. The standard InChI is InChI=1S/C18H28O3/c1-11(9-13-10-12(2)17(20)21-13)14-6-7-15-16(19)5-4-8-18(14,15)3/h11,13-16,19H,2,4-10H2,1,3H3/t11-,13+,14-,15?,16?,18?/m1/s1. The van der Waals surface area contributed by atoms with Crippen LogP contribution in [0.1, 0.15) is 58.8 Å². The highest BCUT2D eigenvalue weighted by Gasteiger charge is 2.52. The minimum atomic E-state index is -0.212. The van der Waals surface area contributed by atoms with Crippen molar-refractivity contribution in [3.8, 4) is 0 Å². The van der Waals surface area contributed by atoms with Crippen molar-refractivity contribution in [3.63, 3.8) is 0 Å². The van der Waals surface area contributed by atoms with E-state index in [4.69, 9.17) is 4.74 Å². The molecule has 3 nitrogen and oxygen atoms in total. The number of cyclic esters (lactones) is 1. The summed E-state index contributed by atoms with van der Waals surface area (Å²) in [6.07, 6.45) is 7.27. The van der Waals surface area contributed by atoms with Gasteiger partial charge in [0.25, 0.3) is 0 Å². The molecule has 0 aromatic carbocycles. The lowest BCUT2D eigenvalue weighted by Gasteiger charge is -2.45. The number of hydrogen-bond acceptors (Lipinski definition) is 3. The van der Waals surface area contributed by atoms with Crippen molar-refractivity contribution in [3.05, 3.63) is 12.2 Å². The molecule has 3 fully saturated rings. The van der Waals surface area contributed by atoms with E-state index >= 15 is 0 Å². The molecule has 0 spiro atoms. The van der Waals surface area contributed by atoms with E-state index < -0.39 is 0 Å². The lowest BCUT2D eigenvalue weighted by Crippen LogP contribution is -2.41. The lowest BCUT2D eigenvalue weighted by atomic mass is 9.61. The molecule has 0 aromatic rings. The first-order chi connectivity index (χ1) is 9.91. The summed E-state index contributed by atoms with van der Waals surface area (Å²) < 4.78 is 5.41. The molecule has 1 aliphatic heterocycles. The van der Waals surface area contributed by atoms with Gasteiger partial charge in [-0.15, -0.1) is 0 Å². The van der Waals surface area contributed by atoms with Crippen molar-refractivity contribution in [2.24, 2.45) is 23.2 Å². The molecule has 3 heteroatoms. The second kappa shape index (κ2) is 5.42. The van der Waals surface area contributed by atoms with Gasteiger partial charge in [0.15, 0.2) is 0 Å². The van der Waals surface area contributed by atoms with E-state index in [0.717, 1.165) is 25.7 Å². The number of fused-ring (bicyclic) bond motifs is 1. The summed E-state index contributed by atoms with van der Waals surface area (Å²) in [4.78, 5) is 11.5. The van der Waals surface area contributed by atoms with Gasteiger partial charge >= 0.3 is 5.97 Å². The molecule has 2 aliphatic carbocycles. The number of carbonyl (C=O) groups excluding carboxylic acids is 1. The first-order valence-corrected chi connectivity index (χ1v) is 8.48. The Kier molecular flexibility index (Phi) is 3.89. The highest BCUT2D eigenvalue weighted by atomic mass is 16.5. The van der Waals surface area contributed by atoms with Crippen LogP contribution in [0.25, 0.3) is 0 Å². The molecule has 3 aliphatic rings. The van der Waals surface area contributed by atoms with E-state index in [1.165, 1.54) is 12.8 Å². The van der Waals surface area contributed by atoms with Crippen LogP contribution in [-0.2, 0) is 9.53 Å². The molecular weight excluding hydrogens is 264 g/mol. The van der Waals surface area contributed by atoms with E-state index in [1.807, 2.05) is 0 Å². The third-order valence-corrected chi connectivity index (χ3v) is 6.52. The Labute approximate surface area is 127 Å². The van der Waals surface area contributed by atoms with Gasteiger partial charge < -0.3 is 9.84 Å². The van der Waals surface area contributed by atoms with E-state index in [2.05, 4.69) is 20.4 Å². The number of esters is 1. The fraction of sp³-hybridized carbons (Fsp3) is 0.833. The second-order valence-electron chi connectivity index (χ2n) is 7.80. The maximum absolute atomic E-state index is 11.5. The zero-order valence-electron chi connectivity index (χ0n) is 13.3. The third-order valence-electron chi connectivity index (χ3n) is 6.52. The van der Waals surface area contributed by atoms with Gasteiger partial charge in [-0.25, -0.2) is 4.79 Å². The number of ether oxygens (including phenoxy) is 1. The highest BCUT2D eigenvalue weighted by Crippen LogP contribution is 2.58. The topological polar surface area (TPSA) is 46.5 Å². The fourth-order valence-corrected chi connectivity index (χ4v) is 5.47. The van der Waals surface area contributed by atoms with E-state index in [9.17, 15) is 9.90 Å². The van der Waals surface area contributed by atoms with Crippen molar-refractivity contribution >= 4 is 5.97 Å². The average molecular weight is 292 g/mol. The minimum absolute atomic E-state index is 0.0242. The number of carbonyl (C=O) groups is 1. The fourth-order valence-electron chi connectivity index (χ4n) is 5.47. The predicted octanol–water partition coefficient (Wildman–Crippen LogP) is 3.46. The van der Waals surface area contributed by atoms with E-state index in [-0.39, 0.29) is 23.6 Å². The summed E-state index contributed by atoms with van der Waals surface area (Å²) in [5.74, 6) is 1.44. The van der Waals surface area contributed by atoms with E-state index in [0.29, 0.717) is 29.7 Å². The Morgan fingerprint density at radius 1 is 1.43 bits per heavy atom. The maximum atomic E-state index is 11.5. The first kappa shape index (κ1) is 15.1. The van der Waals surface area contributed by atoms with Gasteiger partial charge in [0.05, 0.1) is 6.10 Å². The molecular formula is C18H28O3. The average Bonchev–Trinajstić information content (AvgIpc) is 2.91. The third kappa shape index (κ3) is 2.54. The zero-order chi connectivity index (χ0) is 15.2. The van der Waals surface area contributed by atoms with Gasteiger partial charge in [-0.3, -0.25) is 0 Å². The van der Waals surface area contributed by atoms with Gasteiger partial charge in [-0.05, 0) is 55.3 Å². The van der Waals surface area contributed by atoms with Crippen LogP contribution in [0.15, 0.2) is 12.2 Å². The first-order valence-electron chi connectivity index (χ1n) is 8.48. The van der Waals surface area contributed by atoms with Crippen LogP contribution in [0.5, 0.6) is 0 Å². The summed E-state index contributed by atoms with van der Waals surface area (Å²) in [5.41, 5.74) is 0.896. The van der Waals surface area contributed by atoms with Crippen molar-refractivity contribution in [1.29, 1.82) is 0 Å². The van der Waals surface area contributed by atoms with Gasteiger partial charge in [0.2, 0.25) is 0 Å². The number of aliphatic hydroxyl groups excluding tert-OH is 1. The molecule has 6 atom stereocenters. The van der Waals surface area contributed by atoms with Gasteiger partial charge in [0, 0.05) is 12.0 Å². The van der Waals surface area contributed by atoms with Gasteiger partial charge in [-0.1, -0.05) is 26.8 Å². The smallest absolute Gasteiger partial charge is 0.333 e. The Bertz CT molecular complexity index is 428.